The van der Waals surface area contributed by atoms with Crippen molar-refractivity contribution in [3.8, 4) is 11.5 Å². The van der Waals surface area contributed by atoms with Crippen LogP contribution in [0.15, 0.2) is 12.1 Å². The second kappa shape index (κ2) is 4.91. The number of fused-ring (bicyclic) bond motifs is 1. The third kappa shape index (κ3) is 2.41. The quantitative estimate of drug-likeness (QED) is 0.664. The van der Waals surface area contributed by atoms with Gasteiger partial charge in [-0.3, -0.25) is 9.59 Å². The number of hydrogen-bond donors (Lipinski definition) is 1. The van der Waals surface area contributed by atoms with E-state index in [4.69, 9.17) is 4.74 Å². The van der Waals surface area contributed by atoms with Gasteiger partial charge in [-0.1, -0.05) is 0 Å². The molecule has 0 unspecified atom stereocenters. The molecule has 0 spiro atoms. The van der Waals surface area contributed by atoms with Gasteiger partial charge in [0, 0.05) is 12.0 Å². The molecule has 0 radical (unpaired) electrons. The van der Waals surface area contributed by atoms with E-state index >= 15 is 0 Å². The molecule has 0 fully saturated rings. The zero-order valence-corrected chi connectivity index (χ0v) is 11.1. The fourth-order valence-corrected chi connectivity index (χ4v) is 2.20. The number of phenols is 1. The summed E-state index contributed by atoms with van der Waals surface area (Å²) in [4.78, 5) is 22.8. The van der Waals surface area contributed by atoms with E-state index < -0.39 is 5.92 Å². The summed E-state index contributed by atoms with van der Waals surface area (Å²) in [6.45, 7) is 3.11. The first-order chi connectivity index (χ1) is 8.93. The van der Waals surface area contributed by atoms with Crippen LogP contribution in [0.4, 0.5) is 0 Å². The largest absolute Gasteiger partial charge is 0.507 e. The third-order valence-electron chi connectivity index (χ3n) is 3.39. The van der Waals surface area contributed by atoms with Gasteiger partial charge < -0.3 is 14.6 Å². The molecule has 1 N–H and O–H groups in total. The molecule has 102 valence electrons. The molecule has 0 aromatic heterocycles. The van der Waals surface area contributed by atoms with E-state index in [9.17, 15) is 14.7 Å². The average Bonchev–Trinajstić information content (AvgIpc) is 2.78. The smallest absolute Gasteiger partial charge is 0.312 e. The number of carbonyl (C=O) groups excluding carboxylic acids is 2. The van der Waals surface area contributed by atoms with Crippen molar-refractivity contribution in [3.05, 3.63) is 23.3 Å². The predicted octanol–water partition coefficient (Wildman–Crippen LogP) is 1.71. The zero-order valence-electron chi connectivity index (χ0n) is 11.1. The summed E-state index contributed by atoms with van der Waals surface area (Å²) in [5.74, 6) is -0.479. The van der Waals surface area contributed by atoms with Gasteiger partial charge in [0.2, 0.25) is 0 Å². The highest BCUT2D eigenvalue weighted by molar-refractivity contribution is 5.97. The van der Waals surface area contributed by atoms with Gasteiger partial charge in [-0.25, -0.2) is 0 Å². The molecule has 1 aromatic carbocycles. The summed E-state index contributed by atoms with van der Waals surface area (Å²) in [5.41, 5.74) is 1.02. The molecule has 0 aliphatic carbocycles. The SMILES string of the molecule is COC(=O)[C@H](C)[C@@H]1Cc2cc(O)c(C(C)=O)cc2O1. The summed E-state index contributed by atoms with van der Waals surface area (Å²) in [6.07, 6.45) is 0.182. The Morgan fingerprint density at radius 2 is 2.16 bits per heavy atom. The Hall–Kier alpha value is -2.04. The Bertz CT molecular complexity index is 535. The number of esters is 1. The highest BCUT2D eigenvalue weighted by atomic mass is 16.5. The highest BCUT2D eigenvalue weighted by Gasteiger charge is 2.33. The van der Waals surface area contributed by atoms with E-state index in [0.717, 1.165) is 5.56 Å². The molecule has 5 nitrogen and oxygen atoms in total. The first-order valence-electron chi connectivity index (χ1n) is 6.05. The van der Waals surface area contributed by atoms with Gasteiger partial charge in [-0.15, -0.1) is 0 Å². The Morgan fingerprint density at radius 1 is 1.47 bits per heavy atom. The number of rotatable bonds is 3. The summed E-state index contributed by atoms with van der Waals surface area (Å²) in [7, 11) is 1.33. The van der Waals surface area contributed by atoms with E-state index in [1.165, 1.54) is 26.2 Å². The van der Waals surface area contributed by atoms with Crippen LogP contribution in [0, 0.1) is 5.92 Å². The molecule has 1 aliphatic heterocycles. The highest BCUT2D eigenvalue weighted by Crippen LogP contribution is 2.36. The van der Waals surface area contributed by atoms with Crippen LogP contribution in [0.25, 0.3) is 0 Å². The maximum absolute atomic E-state index is 11.5. The lowest BCUT2D eigenvalue weighted by molar-refractivity contribution is -0.147. The molecule has 1 aliphatic rings. The molecule has 19 heavy (non-hydrogen) atoms. The van der Waals surface area contributed by atoms with Crippen LogP contribution >= 0.6 is 0 Å². The van der Waals surface area contributed by atoms with Crippen molar-refractivity contribution < 1.29 is 24.2 Å². The second-order valence-electron chi connectivity index (χ2n) is 4.71. The normalized spacial score (nSPS) is 18.4. The lowest BCUT2D eigenvalue weighted by Gasteiger charge is -2.16. The summed E-state index contributed by atoms with van der Waals surface area (Å²) in [6, 6.07) is 3.05. The minimum absolute atomic E-state index is 0.0544. The summed E-state index contributed by atoms with van der Waals surface area (Å²) >= 11 is 0. The number of Topliss-reactive ketones (excluding diaryl/α,β-unsaturated/α-hetero) is 1. The van der Waals surface area contributed by atoms with Gasteiger partial charge in [0.25, 0.3) is 0 Å². The van der Waals surface area contributed by atoms with Crippen LogP contribution in [0.2, 0.25) is 0 Å². The number of benzene rings is 1. The van der Waals surface area contributed by atoms with Gasteiger partial charge in [0.1, 0.15) is 17.6 Å². The van der Waals surface area contributed by atoms with Gasteiger partial charge >= 0.3 is 5.97 Å². The Morgan fingerprint density at radius 3 is 2.74 bits per heavy atom. The molecule has 2 atom stereocenters. The first kappa shape index (κ1) is 13.4. The van der Waals surface area contributed by atoms with Crippen LogP contribution in [-0.4, -0.2) is 30.1 Å². The molecule has 5 heteroatoms. The van der Waals surface area contributed by atoms with Crippen molar-refractivity contribution in [2.24, 2.45) is 5.92 Å². The van der Waals surface area contributed by atoms with E-state index in [1.807, 2.05) is 0 Å². The maximum Gasteiger partial charge on any atom is 0.312 e. The fourth-order valence-electron chi connectivity index (χ4n) is 2.20. The van der Waals surface area contributed by atoms with Gasteiger partial charge in [0.05, 0.1) is 18.6 Å². The van der Waals surface area contributed by atoms with E-state index in [1.54, 1.807) is 6.92 Å². The molecule has 1 aromatic rings. The van der Waals surface area contributed by atoms with Crippen LogP contribution in [-0.2, 0) is 16.0 Å². The Balaban J connectivity index is 2.25. The number of methoxy groups -OCH3 is 1. The van der Waals surface area contributed by atoms with Gasteiger partial charge in [-0.2, -0.15) is 0 Å². The van der Waals surface area contributed by atoms with Crippen molar-refractivity contribution in [2.75, 3.05) is 7.11 Å². The van der Waals surface area contributed by atoms with Crippen molar-refractivity contribution in [1.82, 2.24) is 0 Å². The van der Waals surface area contributed by atoms with Crippen LogP contribution in [0.1, 0.15) is 29.8 Å². The third-order valence-corrected chi connectivity index (χ3v) is 3.39. The second-order valence-corrected chi connectivity index (χ2v) is 4.71. The predicted molar refractivity (Wildman–Crippen MR) is 67.4 cm³/mol. The van der Waals surface area contributed by atoms with Crippen LogP contribution in [0.3, 0.4) is 0 Å². The minimum atomic E-state index is -0.402. The van der Waals surface area contributed by atoms with Crippen molar-refractivity contribution in [2.45, 2.75) is 26.4 Å². The number of ketones is 1. The standard InChI is InChI=1S/C14H16O5/c1-7(14(17)18-3)12-5-9-4-11(16)10(8(2)15)6-13(9)19-12/h4,6-7,12,16H,5H2,1-3H3/t7-,12+/m1/s1. The fraction of sp³-hybridized carbons (Fsp3) is 0.429. The number of hydrogen-bond acceptors (Lipinski definition) is 5. The van der Waals surface area contributed by atoms with Crippen molar-refractivity contribution in [1.29, 1.82) is 0 Å². The van der Waals surface area contributed by atoms with E-state index in [-0.39, 0.29) is 29.2 Å². The first-order valence-corrected chi connectivity index (χ1v) is 6.05. The topological polar surface area (TPSA) is 72.8 Å². The molecule has 0 saturated heterocycles. The molecule has 1 heterocycles. The monoisotopic (exact) mass is 264 g/mol. The molecular formula is C14H16O5. The van der Waals surface area contributed by atoms with Crippen LogP contribution in [0.5, 0.6) is 11.5 Å². The zero-order chi connectivity index (χ0) is 14.2. The van der Waals surface area contributed by atoms with Crippen molar-refractivity contribution >= 4 is 11.8 Å². The lowest BCUT2D eigenvalue weighted by atomic mass is 9.98. The molecule has 0 bridgehead atoms. The van der Waals surface area contributed by atoms with Crippen LogP contribution < -0.4 is 4.74 Å². The maximum atomic E-state index is 11.5. The number of phenolic OH excluding ortho intramolecular Hbond substituents is 1. The summed E-state index contributed by atoms with van der Waals surface area (Å²) in [5, 5.41) is 9.76. The average molecular weight is 264 g/mol. The molecule has 0 amide bonds. The Kier molecular flexibility index (Phi) is 3.46. The van der Waals surface area contributed by atoms with Gasteiger partial charge in [-0.05, 0) is 26.0 Å². The van der Waals surface area contributed by atoms with Gasteiger partial charge in [0.15, 0.2) is 5.78 Å². The number of aromatic hydroxyl groups is 1. The number of carbonyl (C=O) groups is 2. The Labute approximate surface area is 111 Å². The molecule has 0 saturated carbocycles. The minimum Gasteiger partial charge on any atom is -0.507 e. The lowest BCUT2D eigenvalue weighted by Crippen LogP contribution is -2.30. The number of ether oxygens (including phenoxy) is 2. The molecule has 2 rings (SSSR count). The molecular weight excluding hydrogens is 248 g/mol. The van der Waals surface area contributed by atoms with E-state index in [2.05, 4.69) is 4.74 Å². The summed E-state index contributed by atoms with van der Waals surface area (Å²) < 4.78 is 10.4. The van der Waals surface area contributed by atoms with Crippen molar-refractivity contribution in [3.63, 3.8) is 0 Å². The van der Waals surface area contributed by atoms with E-state index in [0.29, 0.717) is 12.2 Å².